The monoisotopic (exact) mass is 397 g/mol. The minimum Gasteiger partial charge on any atom is -0.340 e. The molecule has 0 atom stereocenters. The molecule has 2 aromatic carbocycles. The summed E-state index contributed by atoms with van der Waals surface area (Å²) in [4.78, 5) is 7.81. The van der Waals surface area contributed by atoms with Gasteiger partial charge in [0.15, 0.2) is 0 Å². The Morgan fingerprint density at radius 1 is 1.03 bits per heavy atom. The zero-order valence-corrected chi connectivity index (χ0v) is 15.6. The van der Waals surface area contributed by atoms with E-state index in [0.717, 1.165) is 24.6 Å². The van der Waals surface area contributed by atoms with Crippen LogP contribution in [-0.2, 0) is 12.6 Å². The van der Waals surface area contributed by atoms with Gasteiger partial charge in [0, 0.05) is 17.6 Å². The fourth-order valence-electron chi connectivity index (χ4n) is 2.73. The predicted molar refractivity (Wildman–Crippen MR) is 105 cm³/mol. The Morgan fingerprint density at radius 2 is 1.79 bits per heavy atom. The quantitative estimate of drug-likeness (QED) is 0.549. The Bertz CT molecular complexity index is 1020. The van der Waals surface area contributed by atoms with Crippen molar-refractivity contribution in [3.05, 3.63) is 71.4 Å². The van der Waals surface area contributed by atoms with Gasteiger partial charge in [-0.15, -0.1) is 0 Å². The summed E-state index contributed by atoms with van der Waals surface area (Å²) in [6.07, 6.45) is -2.09. The SMILES string of the molecule is CCCc1cccc(Nc2nc(Nc3ccc(C#N)cc3)ncc2C(F)(F)F)c1. The molecule has 0 amide bonds. The van der Waals surface area contributed by atoms with Crippen molar-refractivity contribution >= 4 is 23.1 Å². The fourth-order valence-corrected chi connectivity index (χ4v) is 2.73. The summed E-state index contributed by atoms with van der Waals surface area (Å²) in [5.41, 5.74) is 1.61. The van der Waals surface area contributed by atoms with Gasteiger partial charge in [0.25, 0.3) is 0 Å². The lowest BCUT2D eigenvalue weighted by Crippen LogP contribution is -2.12. The van der Waals surface area contributed by atoms with Gasteiger partial charge in [0.05, 0.1) is 11.6 Å². The molecule has 3 rings (SSSR count). The number of anilines is 4. The van der Waals surface area contributed by atoms with Crippen LogP contribution in [-0.4, -0.2) is 9.97 Å². The molecule has 1 heterocycles. The predicted octanol–water partition coefficient (Wildman–Crippen LogP) is 5.81. The van der Waals surface area contributed by atoms with Crippen molar-refractivity contribution < 1.29 is 13.2 Å². The number of nitriles is 1. The zero-order chi connectivity index (χ0) is 20.9. The van der Waals surface area contributed by atoms with E-state index in [1.165, 1.54) is 0 Å². The van der Waals surface area contributed by atoms with Crippen LogP contribution in [0.1, 0.15) is 30.0 Å². The summed E-state index contributed by atoms with van der Waals surface area (Å²) >= 11 is 0. The second-order valence-corrected chi connectivity index (χ2v) is 6.34. The molecule has 3 aromatic rings. The highest BCUT2D eigenvalue weighted by atomic mass is 19.4. The third-order valence-corrected chi connectivity index (χ3v) is 4.09. The fraction of sp³-hybridized carbons (Fsp3) is 0.190. The number of halogens is 3. The van der Waals surface area contributed by atoms with Gasteiger partial charge < -0.3 is 10.6 Å². The number of rotatable bonds is 6. The molecule has 8 heteroatoms. The van der Waals surface area contributed by atoms with E-state index in [-0.39, 0.29) is 11.8 Å². The van der Waals surface area contributed by atoms with Gasteiger partial charge in [0.1, 0.15) is 11.4 Å². The molecule has 0 bridgehead atoms. The number of hydrogen-bond acceptors (Lipinski definition) is 5. The lowest BCUT2D eigenvalue weighted by Gasteiger charge is -2.15. The standard InChI is InChI=1S/C21H18F3N5/c1-2-4-14-5-3-6-17(11-14)27-19-18(21(22,23)24)13-26-20(29-19)28-16-9-7-15(12-25)8-10-16/h3,5-11,13H,2,4H2,1H3,(H2,26,27,28,29). The summed E-state index contributed by atoms with van der Waals surface area (Å²) in [6, 6.07) is 15.6. The summed E-state index contributed by atoms with van der Waals surface area (Å²) in [5.74, 6) is -0.327. The lowest BCUT2D eigenvalue weighted by atomic mass is 10.1. The molecule has 0 unspecified atom stereocenters. The molecule has 5 nitrogen and oxygen atoms in total. The van der Waals surface area contributed by atoms with Crippen LogP contribution < -0.4 is 10.6 Å². The molecule has 0 aliphatic carbocycles. The van der Waals surface area contributed by atoms with Crippen LogP contribution in [0.2, 0.25) is 0 Å². The van der Waals surface area contributed by atoms with Crippen LogP contribution >= 0.6 is 0 Å². The van der Waals surface area contributed by atoms with Gasteiger partial charge in [-0.3, -0.25) is 0 Å². The summed E-state index contributed by atoms with van der Waals surface area (Å²) in [6.45, 7) is 2.04. The minimum absolute atomic E-state index is 0.00919. The van der Waals surface area contributed by atoms with Crippen molar-refractivity contribution in [2.45, 2.75) is 25.9 Å². The molecular weight excluding hydrogens is 379 g/mol. The summed E-state index contributed by atoms with van der Waals surface area (Å²) in [7, 11) is 0. The van der Waals surface area contributed by atoms with Gasteiger partial charge in [0.2, 0.25) is 5.95 Å². The molecule has 0 aliphatic heterocycles. The van der Waals surface area contributed by atoms with E-state index in [1.54, 1.807) is 42.5 Å². The molecular formula is C21H18F3N5. The largest absolute Gasteiger partial charge is 0.421 e. The van der Waals surface area contributed by atoms with Crippen LogP contribution in [0.25, 0.3) is 0 Å². The van der Waals surface area contributed by atoms with Crippen molar-refractivity contribution in [3.8, 4) is 6.07 Å². The van der Waals surface area contributed by atoms with E-state index in [0.29, 0.717) is 16.9 Å². The highest BCUT2D eigenvalue weighted by Crippen LogP contribution is 2.35. The Morgan fingerprint density at radius 3 is 2.45 bits per heavy atom. The zero-order valence-electron chi connectivity index (χ0n) is 15.6. The third kappa shape index (κ3) is 5.23. The van der Waals surface area contributed by atoms with Crippen molar-refractivity contribution in [1.82, 2.24) is 9.97 Å². The van der Waals surface area contributed by atoms with E-state index in [4.69, 9.17) is 5.26 Å². The van der Waals surface area contributed by atoms with Crippen LogP contribution in [0.4, 0.5) is 36.3 Å². The lowest BCUT2D eigenvalue weighted by molar-refractivity contribution is -0.137. The molecule has 1 aromatic heterocycles. The number of nitrogens with one attached hydrogen (secondary N) is 2. The highest BCUT2D eigenvalue weighted by molar-refractivity contribution is 5.63. The molecule has 0 fully saturated rings. The molecule has 0 saturated carbocycles. The maximum absolute atomic E-state index is 13.4. The molecule has 0 radical (unpaired) electrons. The average Bonchev–Trinajstić information content (AvgIpc) is 2.68. The number of nitrogens with zero attached hydrogens (tertiary/aromatic N) is 3. The second kappa shape index (κ2) is 8.61. The Kier molecular flexibility index (Phi) is 5.98. The molecule has 29 heavy (non-hydrogen) atoms. The minimum atomic E-state index is -4.60. The molecule has 2 N–H and O–H groups in total. The van der Waals surface area contributed by atoms with Crippen LogP contribution in [0.15, 0.2) is 54.7 Å². The van der Waals surface area contributed by atoms with E-state index in [2.05, 4.69) is 20.6 Å². The van der Waals surface area contributed by atoms with Gasteiger partial charge in [-0.2, -0.15) is 23.4 Å². The number of aromatic nitrogens is 2. The molecule has 0 saturated heterocycles. The van der Waals surface area contributed by atoms with Crippen molar-refractivity contribution in [3.63, 3.8) is 0 Å². The first-order valence-corrected chi connectivity index (χ1v) is 8.96. The maximum atomic E-state index is 13.4. The number of alkyl halides is 3. The van der Waals surface area contributed by atoms with E-state index >= 15 is 0 Å². The van der Waals surface area contributed by atoms with Crippen LogP contribution in [0, 0.1) is 11.3 Å². The van der Waals surface area contributed by atoms with Crippen molar-refractivity contribution in [2.75, 3.05) is 10.6 Å². The van der Waals surface area contributed by atoms with Gasteiger partial charge in [-0.05, 0) is 48.4 Å². The van der Waals surface area contributed by atoms with Crippen LogP contribution in [0.5, 0.6) is 0 Å². The Balaban J connectivity index is 1.91. The Hall–Kier alpha value is -3.60. The van der Waals surface area contributed by atoms with E-state index < -0.39 is 11.7 Å². The summed E-state index contributed by atoms with van der Waals surface area (Å²) in [5, 5.41) is 14.5. The van der Waals surface area contributed by atoms with Gasteiger partial charge in [-0.25, -0.2) is 4.98 Å². The molecule has 0 spiro atoms. The molecule has 148 valence electrons. The third-order valence-electron chi connectivity index (χ3n) is 4.09. The average molecular weight is 397 g/mol. The first-order valence-electron chi connectivity index (χ1n) is 8.96. The van der Waals surface area contributed by atoms with Gasteiger partial charge in [-0.1, -0.05) is 25.5 Å². The maximum Gasteiger partial charge on any atom is 0.421 e. The highest BCUT2D eigenvalue weighted by Gasteiger charge is 2.35. The van der Waals surface area contributed by atoms with E-state index in [9.17, 15) is 13.2 Å². The second-order valence-electron chi connectivity index (χ2n) is 6.34. The Labute approximate surface area is 166 Å². The van der Waals surface area contributed by atoms with Crippen molar-refractivity contribution in [1.29, 1.82) is 5.26 Å². The van der Waals surface area contributed by atoms with Crippen LogP contribution in [0.3, 0.4) is 0 Å². The number of aryl methyl sites for hydroxylation is 1. The van der Waals surface area contributed by atoms with Crippen molar-refractivity contribution in [2.24, 2.45) is 0 Å². The van der Waals surface area contributed by atoms with Gasteiger partial charge >= 0.3 is 6.18 Å². The molecule has 0 aliphatic rings. The number of hydrogen-bond donors (Lipinski definition) is 2. The topological polar surface area (TPSA) is 73.6 Å². The number of benzene rings is 2. The first-order chi connectivity index (χ1) is 13.9. The normalized spacial score (nSPS) is 11.0. The first kappa shape index (κ1) is 20.1. The smallest absolute Gasteiger partial charge is 0.340 e. The summed E-state index contributed by atoms with van der Waals surface area (Å²) < 4.78 is 40.3. The van der Waals surface area contributed by atoms with E-state index in [1.807, 2.05) is 19.1 Å².